The SMILES string of the molecule is COc1cc(C(=O)Oc2ccc3c(c2)OC(N)=C(C#N)C3c2cccc(OCc3ccccc3F)c2)cc(OC)c1OC. The Hall–Kier alpha value is -5.69. The number of allylic oxidation sites excluding steroid dienone is 1. The summed E-state index contributed by atoms with van der Waals surface area (Å²) in [5, 5.41) is 9.95. The molecule has 0 aromatic heterocycles. The number of nitrogens with zero attached hydrogens (tertiary/aromatic N) is 1. The van der Waals surface area contributed by atoms with Crippen molar-refractivity contribution in [1.82, 2.24) is 0 Å². The Morgan fingerprint density at radius 2 is 1.67 bits per heavy atom. The van der Waals surface area contributed by atoms with Crippen molar-refractivity contribution in [3.8, 4) is 40.6 Å². The molecule has 0 radical (unpaired) electrons. The predicted octanol–water partition coefficient (Wildman–Crippen LogP) is 5.87. The van der Waals surface area contributed by atoms with Crippen LogP contribution in [0.3, 0.4) is 0 Å². The molecular weight excluding hydrogens is 555 g/mol. The zero-order valence-electron chi connectivity index (χ0n) is 23.6. The molecule has 1 aliphatic heterocycles. The Bertz CT molecular complexity index is 1740. The second-order valence-corrected chi connectivity index (χ2v) is 9.38. The minimum absolute atomic E-state index is 0.0320. The summed E-state index contributed by atoms with van der Waals surface area (Å²) in [5.41, 5.74) is 8.30. The lowest BCUT2D eigenvalue weighted by Crippen LogP contribution is -2.21. The molecule has 0 saturated carbocycles. The molecule has 4 aromatic carbocycles. The number of hydrogen-bond donors (Lipinski definition) is 1. The number of hydrogen-bond acceptors (Lipinski definition) is 9. The molecule has 0 spiro atoms. The highest BCUT2D eigenvalue weighted by Gasteiger charge is 2.31. The van der Waals surface area contributed by atoms with Gasteiger partial charge in [-0.05, 0) is 42.0 Å². The maximum absolute atomic E-state index is 14.1. The van der Waals surface area contributed by atoms with Crippen molar-refractivity contribution in [3.05, 3.63) is 118 Å². The number of nitriles is 1. The Morgan fingerprint density at radius 1 is 0.930 bits per heavy atom. The average molecular weight is 583 g/mol. The Balaban J connectivity index is 1.42. The Kier molecular flexibility index (Phi) is 8.34. The number of methoxy groups -OCH3 is 3. The van der Waals surface area contributed by atoms with E-state index in [0.717, 1.165) is 0 Å². The molecule has 1 unspecified atom stereocenters. The van der Waals surface area contributed by atoms with E-state index in [9.17, 15) is 14.4 Å². The fraction of sp³-hybridized carbons (Fsp3) is 0.152. The van der Waals surface area contributed by atoms with E-state index < -0.39 is 11.9 Å². The van der Waals surface area contributed by atoms with Gasteiger partial charge in [0.2, 0.25) is 11.6 Å². The number of nitrogens with two attached hydrogens (primary N) is 1. The van der Waals surface area contributed by atoms with Gasteiger partial charge >= 0.3 is 5.97 Å². The summed E-state index contributed by atoms with van der Waals surface area (Å²) in [6, 6.07) is 23.4. The highest BCUT2D eigenvalue weighted by molar-refractivity contribution is 5.92. The quantitative estimate of drug-likeness (QED) is 0.191. The topological polar surface area (TPSA) is 122 Å². The van der Waals surface area contributed by atoms with Crippen LogP contribution in [0.2, 0.25) is 0 Å². The highest BCUT2D eigenvalue weighted by atomic mass is 19.1. The van der Waals surface area contributed by atoms with Crippen molar-refractivity contribution in [3.63, 3.8) is 0 Å². The van der Waals surface area contributed by atoms with Crippen molar-refractivity contribution >= 4 is 5.97 Å². The summed E-state index contributed by atoms with van der Waals surface area (Å²) < 4.78 is 47.3. The molecule has 2 N–H and O–H groups in total. The van der Waals surface area contributed by atoms with Crippen LogP contribution in [0.25, 0.3) is 0 Å². The van der Waals surface area contributed by atoms with Crippen LogP contribution in [0, 0.1) is 17.1 Å². The van der Waals surface area contributed by atoms with Gasteiger partial charge in [-0.2, -0.15) is 5.26 Å². The van der Waals surface area contributed by atoms with Gasteiger partial charge in [0.25, 0.3) is 0 Å². The zero-order valence-corrected chi connectivity index (χ0v) is 23.6. The standard InChI is InChI=1S/C33H27FN2O7/c1-38-28-14-21(15-29(39-2)31(28)40-3)33(37)42-23-11-12-24-27(16-23)43-32(36)25(17-35)30(24)19-8-6-9-22(13-19)41-18-20-7-4-5-10-26(20)34/h4-16,30H,18,36H2,1-3H3. The number of esters is 1. The fourth-order valence-corrected chi connectivity index (χ4v) is 4.77. The predicted molar refractivity (Wildman–Crippen MR) is 154 cm³/mol. The minimum Gasteiger partial charge on any atom is -0.493 e. The van der Waals surface area contributed by atoms with Gasteiger partial charge in [-0.1, -0.05) is 36.4 Å². The lowest BCUT2D eigenvalue weighted by atomic mass is 9.83. The van der Waals surface area contributed by atoms with Crippen LogP contribution in [-0.2, 0) is 6.61 Å². The van der Waals surface area contributed by atoms with E-state index in [0.29, 0.717) is 45.4 Å². The molecule has 10 heteroatoms. The van der Waals surface area contributed by atoms with Gasteiger partial charge in [-0.15, -0.1) is 0 Å². The molecule has 0 saturated heterocycles. The fourth-order valence-electron chi connectivity index (χ4n) is 4.77. The van der Waals surface area contributed by atoms with Crippen molar-refractivity contribution in [2.24, 2.45) is 5.73 Å². The van der Waals surface area contributed by atoms with E-state index in [4.69, 9.17) is 34.2 Å². The van der Waals surface area contributed by atoms with Crippen LogP contribution >= 0.6 is 0 Å². The van der Waals surface area contributed by atoms with Crippen LogP contribution in [-0.4, -0.2) is 27.3 Å². The van der Waals surface area contributed by atoms with E-state index in [1.54, 1.807) is 48.5 Å². The summed E-state index contributed by atoms with van der Waals surface area (Å²) in [6.07, 6.45) is 0. The van der Waals surface area contributed by atoms with Gasteiger partial charge in [0.1, 0.15) is 41.3 Å². The second kappa shape index (κ2) is 12.4. The molecule has 5 rings (SSSR count). The van der Waals surface area contributed by atoms with E-state index in [1.165, 1.54) is 45.6 Å². The first-order valence-corrected chi connectivity index (χ1v) is 13.1. The molecule has 0 bridgehead atoms. The largest absolute Gasteiger partial charge is 0.493 e. The van der Waals surface area contributed by atoms with Crippen LogP contribution in [0.1, 0.15) is 33.0 Å². The van der Waals surface area contributed by atoms with Gasteiger partial charge in [-0.25, -0.2) is 9.18 Å². The third-order valence-corrected chi connectivity index (χ3v) is 6.85. The first kappa shape index (κ1) is 28.8. The third-order valence-electron chi connectivity index (χ3n) is 6.85. The smallest absolute Gasteiger partial charge is 0.343 e. The molecular formula is C33H27FN2O7. The van der Waals surface area contributed by atoms with E-state index in [2.05, 4.69) is 6.07 Å². The van der Waals surface area contributed by atoms with E-state index in [-0.39, 0.29) is 35.2 Å². The van der Waals surface area contributed by atoms with Crippen molar-refractivity contribution in [1.29, 1.82) is 5.26 Å². The first-order valence-electron chi connectivity index (χ1n) is 13.1. The second-order valence-electron chi connectivity index (χ2n) is 9.38. The summed E-state index contributed by atoms with van der Waals surface area (Å²) in [6.45, 7) is 0.0320. The summed E-state index contributed by atoms with van der Waals surface area (Å²) in [5.74, 6) is 0.221. The highest BCUT2D eigenvalue weighted by Crippen LogP contribution is 2.44. The van der Waals surface area contributed by atoms with Gasteiger partial charge in [0.15, 0.2) is 11.5 Å². The normalized spacial score (nSPS) is 13.7. The summed E-state index contributed by atoms with van der Waals surface area (Å²) >= 11 is 0. The molecule has 218 valence electrons. The first-order chi connectivity index (χ1) is 20.9. The van der Waals surface area contributed by atoms with Gasteiger partial charge in [-0.3, -0.25) is 0 Å². The number of carbonyl (C=O) groups is 1. The molecule has 1 aliphatic rings. The maximum Gasteiger partial charge on any atom is 0.343 e. The third kappa shape index (κ3) is 5.87. The number of benzene rings is 4. The molecule has 1 atom stereocenters. The zero-order chi connectivity index (χ0) is 30.5. The number of carbonyl (C=O) groups excluding carboxylic acids is 1. The summed E-state index contributed by atoms with van der Waals surface area (Å²) in [7, 11) is 4.36. The number of rotatable bonds is 9. The molecule has 1 heterocycles. The number of ether oxygens (including phenoxy) is 6. The molecule has 43 heavy (non-hydrogen) atoms. The van der Waals surface area contributed by atoms with Gasteiger partial charge < -0.3 is 34.2 Å². The van der Waals surface area contributed by atoms with Crippen LogP contribution in [0.4, 0.5) is 4.39 Å². The van der Waals surface area contributed by atoms with Crippen molar-refractivity contribution in [2.75, 3.05) is 21.3 Å². The maximum atomic E-state index is 14.1. The molecule has 0 aliphatic carbocycles. The van der Waals surface area contributed by atoms with Crippen molar-refractivity contribution in [2.45, 2.75) is 12.5 Å². The van der Waals surface area contributed by atoms with Crippen molar-refractivity contribution < 1.29 is 37.6 Å². The number of halogens is 1. The molecule has 0 fully saturated rings. The lowest BCUT2D eigenvalue weighted by Gasteiger charge is -2.27. The van der Waals surface area contributed by atoms with E-state index >= 15 is 0 Å². The lowest BCUT2D eigenvalue weighted by molar-refractivity contribution is 0.0733. The average Bonchev–Trinajstić information content (AvgIpc) is 3.02. The van der Waals surface area contributed by atoms with Gasteiger partial charge in [0, 0.05) is 17.2 Å². The van der Waals surface area contributed by atoms with Crippen LogP contribution in [0.15, 0.2) is 90.3 Å². The van der Waals surface area contributed by atoms with Gasteiger partial charge in [0.05, 0.1) is 32.8 Å². The molecule has 9 nitrogen and oxygen atoms in total. The van der Waals surface area contributed by atoms with E-state index in [1.807, 2.05) is 6.07 Å². The molecule has 0 amide bonds. The minimum atomic E-state index is -0.674. The monoisotopic (exact) mass is 582 g/mol. The van der Waals surface area contributed by atoms with Crippen LogP contribution < -0.4 is 34.2 Å². The Morgan fingerprint density at radius 3 is 2.35 bits per heavy atom. The number of fused-ring (bicyclic) bond motifs is 1. The summed E-state index contributed by atoms with van der Waals surface area (Å²) in [4.78, 5) is 13.1. The Labute approximate surface area is 247 Å². The molecule has 4 aromatic rings. The van der Waals surface area contributed by atoms with Crippen LogP contribution in [0.5, 0.6) is 34.5 Å².